The van der Waals surface area contributed by atoms with Crippen molar-refractivity contribution in [3.8, 4) is 0 Å². The van der Waals surface area contributed by atoms with Crippen LogP contribution in [0.5, 0.6) is 0 Å². The summed E-state index contributed by atoms with van der Waals surface area (Å²) in [6.45, 7) is 1.90. The molecule has 0 fully saturated rings. The Hall–Kier alpha value is -1.74. The number of nitrogen functional groups attached to an aromatic ring is 1. The second kappa shape index (κ2) is 3.79. The molecule has 0 bridgehead atoms. The molecule has 15 heavy (non-hydrogen) atoms. The predicted octanol–water partition coefficient (Wildman–Crippen LogP) is 2.22. The summed E-state index contributed by atoms with van der Waals surface area (Å²) in [7, 11) is 0. The molecule has 4 N–H and O–H groups in total. The third-order valence-corrected chi connectivity index (χ3v) is 2.36. The molecular weight excluding hydrogens is 188 g/mol. The summed E-state index contributed by atoms with van der Waals surface area (Å²) in [6.07, 6.45) is 0. The van der Waals surface area contributed by atoms with E-state index < -0.39 is 0 Å². The van der Waals surface area contributed by atoms with Crippen molar-refractivity contribution in [2.75, 3.05) is 5.73 Å². The van der Waals surface area contributed by atoms with Gasteiger partial charge in [-0.15, -0.1) is 0 Å². The topological polar surface area (TPSA) is 65.2 Å². The van der Waals surface area contributed by atoms with Crippen molar-refractivity contribution in [1.82, 2.24) is 0 Å². The van der Waals surface area contributed by atoms with Crippen LogP contribution in [0.2, 0.25) is 0 Å². The van der Waals surface area contributed by atoms with Gasteiger partial charge in [-0.1, -0.05) is 12.1 Å². The number of hydrogen-bond donors (Lipinski definition) is 2. The van der Waals surface area contributed by atoms with Gasteiger partial charge in [0.1, 0.15) is 11.5 Å². The van der Waals surface area contributed by atoms with Crippen LogP contribution < -0.4 is 11.5 Å². The van der Waals surface area contributed by atoms with Gasteiger partial charge in [-0.25, -0.2) is 0 Å². The molecule has 0 aliphatic rings. The maximum atomic E-state index is 6.05. The lowest BCUT2D eigenvalue weighted by atomic mass is 10.1. The predicted molar refractivity (Wildman–Crippen MR) is 60.3 cm³/mol. The van der Waals surface area contributed by atoms with Gasteiger partial charge in [0.25, 0.3) is 0 Å². The van der Waals surface area contributed by atoms with Crippen LogP contribution in [0.1, 0.15) is 23.1 Å². The average molecular weight is 202 g/mol. The molecule has 1 aromatic heterocycles. The van der Waals surface area contributed by atoms with Gasteiger partial charge in [0.05, 0.1) is 6.04 Å². The number of furan rings is 1. The number of rotatable bonds is 2. The van der Waals surface area contributed by atoms with E-state index in [9.17, 15) is 0 Å². The zero-order valence-electron chi connectivity index (χ0n) is 8.60. The van der Waals surface area contributed by atoms with E-state index in [-0.39, 0.29) is 6.04 Å². The van der Waals surface area contributed by atoms with Gasteiger partial charge in [-0.3, -0.25) is 0 Å². The van der Waals surface area contributed by atoms with Gasteiger partial charge in [0.2, 0.25) is 0 Å². The van der Waals surface area contributed by atoms with Crippen molar-refractivity contribution >= 4 is 5.69 Å². The summed E-state index contributed by atoms with van der Waals surface area (Å²) in [5, 5.41) is 0. The van der Waals surface area contributed by atoms with Crippen molar-refractivity contribution in [3.63, 3.8) is 0 Å². The van der Waals surface area contributed by atoms with Crippen molar-refractivity contribution in [3.05, 3.63) is 53.5 Å². The van der Waals surface area contributed by atoms with E-state index >= 15 is 0 Å². The third kappa shape index (κ3) is 2.02. The van der Waals surface area contributed by atoms with Crippen LogP contribution in [-0.4, -0.2) is 0 Å². The summed E-state index contributed by atoms with van der Waals surface area (Å²) in [5.41, 5.74) is 13.4. The Kier molecular flexibility index (Phi) is 2.47. The highest BCUT2D eigenvalue weighted by atomic mass is 16.3. The van der Waals surface area contributed by atoms with E-state index in [0.29, 0.717) is 0 Å². The molecule has 1 heterocycles. The minimum absolute atomic E-state index is 0.223. The molecule has 0 saturated heterocycles. The number of hydrogen-bond acceptors (Lipinski definition) is 3. The highest BCUT2D eigenvalue weighted by Gasteiger charge is 2.11. The molecular formula is C12H14N2O. The molecule has 0 radical (unpaired) electrons. The first-order chi connectivity index (χ1) is 7.16. The van der Waals surface area contributed by atoms with Gasteiger partial charge >= 0.3 is 0 Å². The van der Waals surface area contributed by atoms with Gasteiger partial charge in [0, 0.05) is 5.69 Å². The SMILES string of the molecule is Cc1ccc(C(N)c2ccc(N)cc2)o1. The van der Waals surface area contributed by atoms with Crippen LogP contribution in [0.25, 0.3) is 0 Å². The fraction of sp³-hybridized carbons (Fsp3) is 0.167. The Morgan fingerprint density at radius 1 is 1.07 bits per heavy atom. The van der Waals surface area contributed by atoms with Crippen molar-refractivity contribution in [1.29, 1.82) is 0 Å². The molecule has 0 spiro atoms. The number of anilines is 1. The van der Waals surface area contributed by atoms with Crippen LogP contribution >= 0.6 is 0 Å². The molecule has 1 aromatic carbocycles. The molecule has 1 unspecified atom stereocenters. The van der Waals surface area contributed by atoms with Gasteiger partial charge in [-0.2, -0.15) is 0 Å². The van der Waals surface area contributed by atoms with Crippen molar-refractivity contribution < 1.29 is 4.42 Å². The highest BCUT2D eigenvalue weighted by molar-refractivity contribution is 5.41. The molecule has 1 atom stereocenters. The quantitative estimate of drug-likeness (QED) is 0.734. The van der Waals surface area contributed by atoms with E-state index in [1.54, 1.807) is 0 Å². The molecule has 0 amide bonds. The molecule has 78 valence electrons. The van der Waals surface area contributed by atoms with Crippen LogP contribution in [0, 0.1) is 6.92 Å². The highest BCUT2D eigenvalue weighted by Crippen LogP contribution is 2.22. The first-order valence-corrected chi connectivity index (χ1v) is 4.84. The van der Waals surface area contributed by atoms with Gasteiger partial charge in [-0.05, 0) is 36.8 Å². The minimum atomic E-state index is -0.223. The Morgan fingerprint density at radius 2 is 1.73 bits per heavy atom. The Balaban J connectivity index is 2.28. The third-order valence-electron chi connectivity index (χ3n) is 2.36. The molecule has 2 aromatic rings. The first-order valence-electron chi connectivity index (χ1n) is 4.84. The summed E-state index contributed by atoms with van der Waals surface area (Å²) >= 11 is 0. The average Bonchev–Trinajstić information content (AvgIpc) is 2.65. The van der Waals surface area contributed by atoms with E-state index in [1.807, 2.05) is 43.3 Å². The maximum absolute atomic E-state index is 6.05. The molecule has 3 nitrogen and oxygen atoms in total. The number of aryl methyl sites for hydroxylation is 1. The van der Waals surface area contributed by atoms with Crippen LogP contribution in [0.15, 0.2) is 40.8 Å². The monoisotopic (exact) mass is 202 g/mol. The lowest BCUT2D eigenvalue weighted by Crippen LogP contribution is -2.10. The second-order valence-corrected chi connectivity index (χ2v) is 3.59. The van der Waals surface area contributed by atoms with Gasteiger partial charge in [0.15, 0.2) is 0 Å². The lowest BCUT2D eigenvalue weighted by Gasteiger charge is -2.09. The fourth-order valence-corrected chi connectivity index (χ4v) is 1.49. The van der Waals surface area contributed by atoms with E-state index in [0.717, 1.165) is 22.8 Å². The van der Waals surface area contributed by atoms with Crippen molar-refractivity contribution in [2.24, 2.45) is 5.73 Å². The summed E-state index contributed by atoms with van der Waals surface area (Å²) < 4.78 is 5.47. The van der Waals surface area contributed by atoms with E-state index in [2.05, 4.69) is 0 Å². The molecule has 0 saturated carbocycles. The van der Waals surface area contributed by atoms with Crippen molar-refractivity contribution in [2.45, 2.75) is 13.0 Å². The first kappa shape index (κ1) is 9.80. The summed E-state index contributed by atoms with van der Waals surface area (Å²) in [5.74, 6) is 1.65. The van der Waals surface area contributed by atoms with Crippen LogP contribution in [0.3, 0.4) is 0 Å². The normalized spacial score (nSPS) is 12.7. The Bertz CT molecular complexity index is 445. The Morgan fingerprint density at radius 3 is 2.27 bits per heavy atom. The molecule has 0 aliphatic heterocycles. The maximum Gasteiger partial charge on any atom is 0.125 e. The Labute approximate surface area is 88.7 Å². The molecule has 2 rings (SSSR count). The number of benzene rings is 1. The van der Waals surface area contributed by atoms with Gasteiger partial charge < -0.3 is 15.9 Å². The lowest BCUT2D eigenvalue weighted by molar-refractivity contribution is 0.466. The van der Waals surface area contributed by atoms with E-state index in [1.165, 1.54) is 0 Å². The fourth-order valence-electron chi connectivity index (χ4n) is 1.49. The standard InChI is InChI=1S/C12H14N2O/c1-8-2-7-11(15-8)12(14)9-3-5-10(13)6-4-9/h2-7,12H,13-14H2,1H3. The summed E-state index contributed by atoms with van der Waals surface area (Å²) in [4.78, 5) is 0. The smallest absolute Gasteiger partial charge is 0.125 e. The van der Waals surface area contributed by atoms with Crippen LogP contribution in [0.4, 0.5) is 5.69 Å². The largest absolute Gasteiger partial charge is 0.464 e. The molecule has 0 aliphatic carbocycles. The number of nitrogens with two attached hydrogens (primary N) is 2. The van der Waals surface area contributed by atoms with E-state index in [4.69, 9.17) is 15.9 Å². The zero-order chi connectivity index (χ0) is 10.8. The second-order valence-electron chi connectivity index (χ2n) is 3.59. The summed E-state index contributed by atoms with van der Waals surface area (Å²) in [6, 6.07) is 11.1. The minimum Gasteiger partial charge on any atom is -0.464 e. The van der Waals surface area contributed by atoms with Crippen LogP contribution in [-0.2, 0) is 0 Å². The zero-order valence-corrected chi connectivity index (χ0v) is 8.60. The molecule has 3 heteroatoms.